The van der Waals surface area contributed by atoms with E-state index >= 15 is 0 Å². The number of hydrogen-bond acceptors (Lipinski definition) is 4. The summed E-state index contributed by atoms with van der Waals surface area (Å²) < 4.78 is 1.52. The molecule has 0 radical (unpaired) electrons. The van der Waals surface area contributed by atoms with Crippen LogP contribution in [-0.2, 0) is 6.42 Å². The zero-order chi connectivity index (χ0) is 16.6. The number of hydrogen-bond donors (Lipinski definition) is 0. The van der Waals surface area contributed by atoms with Crippen molar-refractivity contribution in [2.75, 3.05) is 0 Å². The van der Waals surface area contributed by atoms with Gasteiger partial charge in [-0.1, -0.05) is 23.7 Å². The molecule has 0 saturated carbocycles. The molecule has 5 nitrogen and oxygen atoms in total. The predicted molar refractivity (Wildman–Crippen MR) is 86.1 cm³/mol. The Morgan fingerprint density at radius 1 is 1.09 bits per heavy atom. The molecule has 0 saturated heterocycles. The Kier molecular flexibility index (Phi) is 3.73. The maximum absolute atomic E-state index is 9.23. The van der Waals surface area contributed by atoms with Crippen LogP contribution in [0.5, 0.6) is 0 Å². The largest absolute Gasteiger partial charge is 0.232 e. The van der Waals surface area contributed by atoms with Crippen molar-refractivity contribution >= 4 is 17.2 Å². The zero-order valence-electron chi connectivity index (χ0n) is 12.6. The second kappa shape index (κ2) is 5.72. The summed E-state index contributed by atoms with van der Waals surface area (Å²) in [6, 6.07) is 11.6. The second-order valence-corrected chi connectivity index (χ2v) is 5.62. The van der Waals surface area contributed by atoms with Crippen LogP contribution in [0.1, 0.15) is 33.6 Å². The molecule has 0 N–H and O–H groups in total. The molecule has 0 unspecified atom stereocenters. The Morgan fingerprint density at radius 3 is 2.39 bits per heavy atom. The molecule has 6 heteroatoms. The lowest BCUT2D eigenvalue weighted by Gasteiger charge is -2.09. The van der Waals surface area contributed by atoms with Crippen LogP contribution in [0.4, 0.5) is 0 Å². The number of nitriles is 2. The van der Waals surface area contributed by atoms with Crippen LogP contribution < -0.4 is 0 Å². The third-order valence-electron chi connectivity index (χ3n) is 3.76. The standard InChI is InChI=1S/C17H12ClN5/c1-10-14(7-12-3-5-13(8-19)6-4-12)16(18)23-17(21-10)15(9-20)11(2)22-23/h3-6H,7H2,1-2H3. The van der Waals surface area contributed by atoms with Gasteiger partial charge in [0.05, 0.1) is 17.3 Å². The van der Waals surface area contributed by atoms with E-state index in [-0.39, 0.29) is 0 Å². The number of nitrogens with zero attached hydrogens (tertiary/aromatic N) is 5. The molecular weight excluding hydrogens is 310 g/mol. The number of fused-ring (bicyclic) bond motifs is 1. The van der Waals surface area contributed by atoms with Gasteiger partial charge in [-0.3, -0.25) is 0 Å². The van der Waals surface area contributed by atoms with Crippen molar-refractivity contribution in [2.45, 2.75) is 20.3 Å². The van der Waals surface area contributed by atoms with Crippen molar-refractivity contribution < 1.29 is 0 Å². The normalized spacial score (nSPS) is 10.5. The van der Waals surface area contributed by atoms with Crippen LogP contribution in [-0.4, -0.2) is 14.6 Å². The minimum absolute atomic E-state index is 0.444. The molecule has 0 spiro atoms. The van der Waals surface area contributed by atoms with E-state index in [9.17, 15) is 5.26 Å². The summed E-state index contributed by atoms with van der Waals surface area (Å²) in [6.45, 7) is 3.63. The summed E-state index contributed by atoms with van der Waals surface area (Å²) in [7, 11) is 0. The van der Waals surface area contributed by atoms with Gasteiger partial charge in [0.25, 0.3) is 0 Å². The van der Waals surface area contributed by atoms with Gasteiger partial charge in [0, 0.05) is 17.7 Å². The highest BCUT2D eigenvalue weighted by atomic mass is 35.5. The second-order valence-electron chi connectivity index (χ2n) is 5.26. The highest BCUT2D eigenvalue weighted by Gasteiger charge is 2.17. The first-order valence-electron chi connectivity index (χ1n) is 6.98. The Hall–Kier alpha value is -2.89. The quantitative estimate of drug-likeness (QED) is 0.678. The lowest BCUT2D eigenvalue weighted by atomic mass is 10.0. The number of aryl methyl sites for hydroxylation is 2. The molecule has 23 heavy (non-hydrogen) atoms. The molecular formula is C17H12ClN5. The van der Waals surface area contributed by atoms with Crippen molar-refractivity contribution in [3.8, 4) is 12.1 Å². The Balaban J connectivity index is 2.11. The number of halogens is 1. The molecule has 0 bridgehead atoms. The molecule has 0 aliphatic rings. The van der Waals surface area contributed by atoms with E-state index < -0.39 is 0 Å². The molecule has 3 aromatic rings. The van der Waals surface area contributed by atoms with Crippen LogP contribution >= 0.6 is 11.6 Å². The first-order chi connectivity index (χ1) is 11.0. The molecule has 0 fully saturated rings. The molecule has 2 heterocycles. The number of rotatable bonds is 2. The maximum Gasteiger partial charge on any atom is 0.175 e. The molecule has 2 aromatic heterocycles. The van der Waals surface area contributed by atoms with Gasteiger partial charge in [-0.05, 0) is 31.5 Å². The van der Waals surface area contributed by atoms with Gasteiger partial charge in [0.1, 0.15) is 16.8 Å². The minimum Gasteiger partial charge on any atom is -0.232 e. The minimum atomic E-state index is 0.444. The first kappa shape index (κ1) is 15.0. The van der Waals surface area contributed by atoms with Gasteiger partial charge in [0.2, 0.25) is 0 Å². The van der Waals surface area contributed by atoms with E-state index in [4.69, 9.17) is 16.9 Å². The molecule has 112 valence electrons. The number of benzene rings is 1. The van der Waals surface area contributed by atoms with Gasteiger partial charge in [-0.25, -0.2) is 9.50 Å². The molecule has 0 amide bonds. The van der Waals surface area contributed by atoms with Crippen molar-refractivity contribution in [1.29, 1.82) is 10.5 Å². The lowest BCUT2D eigenvalue weighted by Crippen LogP contribution is -2.03. The van der Waals surface area contributed by atoms with E-state index in [1.807, 2.05) is 19.1 Å². The fourth-order valence-electron chi connectivity index (χ4n) is 2.49. The highest BCUT2D eigenvalue weighted by Crippen LogP contribution is 2.25. The third kappa shape index (κ3) is 2.52. The fourth-order valence-corrected chi connectivity index (χ4v) is 2.81. The highest BCUT2D eigenvalue weighted by molar-refractivity contribution is 6.30. The van der Waals surface area contributed by atoms with Crippen molar-refractivity contribution in [3.05, 3.63) is 63.1 Å². The van der Waals surface area contributed by atoms with Crippen molar-refractivity contribution in [2.24, 2.45) is 0 Å². The van der Waals surface area contributed by atoms with Crippen molar-refractivity contribution in [3.63, 3.8) is 0 Å². The lowest BCUT2D eigenvalue weighted by molar-refractivity contribution is 0.887. The molecule has 0 atom stereocenters. The Morgan fingerprint density at radius 2 is 1.78 bits per heavy atom. The summed E-state index contributed by atoms with van der Waals surface area (Å²) in [5.74, 6) is 0. The molecule has 0 aliphatic heterocycles. The fraction of sp³-hybridized carbons (Fsp3) is 0.176. The third-order valence-corrected chi connectivity index (χ3v) is 4.15. The zero-order valence-corrected chi connectivity index (χ0v) is 13.4. The van der Waals surface area contributed by atoms with Gasteiger partial charge in [-0.15, -0.1) is 0 Å². The SMILES string of the molecule is Cc1nc2c(C#N)c(C)nn2c(Cl)c1Cc1ccc(C#N)cc1. The molecule has 1 aromatic carbocycles. The van der Waals surface area contributed by atoms with Crippen LogP contribution in [0.3, 0.4) is 0 Å². The summed E-state index contributed by atoms with van der Waals surface area (Å²) in [4.78, 5) is 4.50. The van der Waals surface area contributed by atoms with Gasteiger partial charge in [0.15, 0.2) is 5.65 Å². The van der Waals surface area contributed by atoms with Crippen LogP contribution in [0, 0.1) is 36.5 Å². The summed E-state index contributed by atoms with van der Waals surface area (Å²) in [6.07, 6.45) is 0.583. The average molecular weight is 322 g/mol. The van der Waals surface area contributed by atoms with Gasteiger partial charge in [-0.2, -0.15) is 15.6 Å². The van der Waals surface area contributed by atoms with E-state index in [1.54, 1.807) is 19.1 Å². The Bertz CT molecular complexity index is 987. The summed E-state index contributed by atoms with van der Waals surface area (Å²) >= 11 is 6.50. The van der Waals surface area contributed by atoms with Gasteiger partial charge >= 0.3 is 0 Å². The van der Waals surface area contributed by atoms with Crippen LogP contribution in [0.25, 0.3) is 5.65 Å². The van der Waals surface area contributed by atoms with Gasteiger partial charge < -0.3 is 0 Å². The molecule has 0 aliphatic carbocycles. The number of aromatic nitrogens is 3. The smallest absolute Gasteiger partial charge is 0.175 e. The van der Waals surface area contributed by atoms with E-state index in [0.29, 0.717) is 34.0 Å². The van der Waals surface area contributed by atoms with E-state index in [0.717, 1.165) is 16.8 Å². The van der Waals surface area contributed by atoms with E-state index in [2.05, 4.69) is 22.2 Å². The van der Waals surface area contributed by atoms with Crippen LogP contribution in [0.2, 0.25) is 5.15 Å². The summed E-state index contributed by atoms with van der Waals surface area (Å²) in [5.41, 5.74) is 4.80. The molecule has 3 rings (SSSR count). The monoisotopic (exact) mass is 321 g/mol. The van der Waals surface area contributed by atoms with Crippen LogP contribution in [0.15, 0.2) is 24.3 Å². The van der Waals surface area contributed by atoms with Crippen molar-refractivity contribution in [1.82, 2.24) is 14.6 Å². The average Bonchev–Trinajstić information content (AvgIpc) is 2.87. The Labute approximate surface area is 138 Å². The van der Waals surface area contributed by atoms with E-state index in [1.165, 1.54) is 4.52 Å². The summed E-state index contributed by atoms with van der Waals surface area (Å²) in [5, 5.41) is 22.9. The maximum atomic E-state index is 9.23. The topological polar surface area (TPSA) is 77.8 Å². The first-order valence-corrected chi connectivity index (χ1v) is 7.36. The predicted octanol–water partition coefficient (Wildman–Crippen LogP) is 3.33.